The zero-order valence-electron chi connectivity index (χ0n) is 9.70. The molecule has 1 aliphatic heterocycles. The van der Waals surface area contributed by atoms with Crippen LogP contribution in [0.15, 0.2) is 24.3 Å². The van der Waals surface area contributed by atoms with Crippen molar-refractivity contribution in [1.82, 2.24) is 4.98 Å². The molecule has 0 fully saturated rings. The summed E-state index contributed by atoms with van der Waals surface area (Å²) in [5.74, 6) is 0.142. The monoisotopic (exact) mass is 278 g/mol. The molecule has 2 heterocycles. The number of rotatable bonds is 2. The quantitative estimate of drug-likeness (QED) is 0.871. The van der Waals surface area contributed by atoms with Crippen molar-refractivity contribution >= 4 is 22.3 Å². The molecule has 0 saturated carbocycles. The van der Waals surface area contributed by atoms with Crippen LogP contribution in [0.5, 0.6) is 11.5 Å². The predicted molar refractivity (Wildman–Crippen MR) is 68.8 cm³/mol. The Hall–Kier alpha value is -2.28. The molecule has 2 aromatic rings. The third-order valence-electron chi connectivity index (χ3n) is 2.66. The van der Waals surface area contributed by atoms with Crippen LogP contribution in [0.25, 0.3) is 0 Å². The van der Waals surface area contributed by atoms with Gasteiger partial charge in [0.05, 0.1) is 0 Å². The molecule has 19 heavy (non-hydrogen) atoms. The number of carboxylic acids is 1. The van der Waals surface area contributed by atoms with Crippen molar-refractivity contribution in [3.8, 4) is 11.5 Å². The van der Waals surface area contributed by atoms with Gasteiger partial charge in [0.15, 0.2) is 23.3 Å². The van der Waals surface area contributed by atoms with E-state index < -0.39 is 12.1 Å². The molecule has 0 bridgehead atoms. The Bertz CT molecular complexity index is 640. The molecule has 3 rings (SSSR count). The molecule has 6 nitrogen and oxygen atoms in total. The second kappa shape index (κ2) is 4.43. The number of hydrogen-bond donors (Lipinski definition) is 2. The molecular formula is C12H10N2O4S. The van der Waals surface area contributed by atoms with E-state index in [-0.39, 0.29) is 17.3 Å². The van der Waals surface area contributed by atoms with Crippen LogP contribution in [0.2, 0.25) is 0 Å². The first-order valence-corrected chi connectivity index (χ1v) is 6.35. The Morgan fingerprint density at radius 1 is 1.42 bits per heavy atom. The highest BCUT2D eigenvalue weighted by molar-refractivity contribution is 7.16. The number of fused-ring (bicyclic) bond motifs is 1. The van der Waals surface area contributed by atoms with Crippen LogP contribution in [0.4, 0.5) is 5.00 Å². The molecule has 0 amide bonds. The number of anilines is 1. The topological polar surface area (TPSA) is 94.7 Å². The molecule has 0 aliphatic carbocycles. The zero-order chi connectivity index (χ0) is 13.4. The number of nitrogen functional groups attached to an aromatic ring is 1. The molecule has 7 heteroatoms. The van der Waals surface area contributed by atoms with Crippen LogP contribution >= 0.6 is 11.3 Å². The summed E-state index contributed by atoms with van der Waals surface area (Å²) in [6, 6.07) is 7.29. The number of benzene rings is 1. The molecular weight excluding hydrogens is 268 g/mol. The molecule has 1 aromatic carbocycles. The molecule has 0 saturated heterocycles. The Balaban J connectivity index is 1.89. The lowest BCUT2D eigenvalue weighted by atomic mass is 10.2. The molecule has 1 unspecified atom stereocenters. The van der Waals surface area contributed by atoms with Gasteiger partial charge in [-0.1, -0.05) is 23.5 Å². The summed E-state index contributed by atoms with van der Waals surface area (Å²) in [4.78, 5) is 14.9. The summed E-state index contributed by atoms with van der Waals surface area (Å²) in [5, 5.41) is 9.60. The maximum absolute atomic E-state index is 10.9. The third kappa shape index (κ3) is 2.08. The van der Waals surface area contributed by atoms with Crippen molar-refractivity contribution < 1.29 is 19.4 Å². The first-order chi connectivity index (χ1) is 9.15. The van der Waals surface area contributed by atoms with Gasteiger partial charge >= 0.3 is 5.97 Å². The molecule has 1 atom stereocenters. The number of nitrogens with two attached hydrogens (primary N) is 1. The Labute approximate surface area is 112 Å². The van der Waals surface area contributed by atoms with Gasteiger partial charge in [-0.15, -0.1) is 0 Å². The predicted octanol–water partition coefficient (Wildman–Crippen LogP) is 1.94. The number of carboxylic acid groups (broad SMARTS) is 1. The van der Waals surface area contributed by atoms with Crippen LogP contribution in [0.3, 0.4) is 0 Å². The molecule has 3 N–H and O–H groups in total. The maximum atomic E-state index is 10.9. The highest BCUT2D eigenvalue weighted by Crippen LogP contribution is 2.37. The van der Waals surface area contributed by atoms with Crippen LogP contribution < -0.4 is 15.2 Å². The number of hydrogen-bond acceptors (Lipinski definition) is 6. The van der Waals surface area contributed by atoms with Crippen molar-refractivity contribution in [3.05, 3.63) is 35.0 Å². The van der Waals surface area contributed by atoms with E-state index >= 15 is 0 Å². The second-order valence-electron chi connectivity index (χ2n) is 3.93. The van der Waals surface area contributed by atoms with E-state index in [0.717, 1.165) is 11.3 Å². The lowest BCUT2D eigenvalue weighted by Crippen LogP contribution is -2.21. The summed E-state index contributed by atoms with van der Waals surface area (Å²) in [6.07, 6.45) is -0.435. The van der Waals surface area contributed by atoms with Gasteiger partial charge in [-0.3, -0.25) is 0 Å². The van der Waals surface area contributed by atoms with Gasteiger partial charge < -0.3 is 20.3 Å². The molecule has 0 radical (unpaired) electrons. The number of thiazole rings is 1. The van der Waals surface area contributed by atoms with Gasteiger partial charge in [0.1, 0.15) is 16.6 Å². The van der Waals surface area contributed by atoms with Crippen molar-refractivity contribution in [2.75, 3.05) is 12.3 Å². The smallest absolute Gasteiger partial charge is 0.357 e. The number of ether oxygens (including phenoxy) is 2. The van der Waals surface area contributed by atoms with E-state index in [1.165, 1.54) is 0 Å². The van der Waals surface area contributed by atoms with E-state index in [9.17, 15) is 4.79 Å². The van der Waals surface area contributed by atoms with Crippen LogP contribution in [-0.4, -0.2) is 22.7 Å². The number of aromatic carboxylic acids is 1. The summed E-state index contributed by atoms with van der Waals surface area (Å²) < 4.78 is 11.3. The average Bonchev–Trinajstić information content (AvgIpc) is 2.80. The lowest BCUT2D eigenvalue weighted by Gasteiger charge is -2.24. The van der Waals surface area contributed by atoms with Gasteiger partial charge in [0, 0.05) is 0 Å². The van der Waals surface area contributed by atoms with E-state index in [2.05, 4.69) is 4.98 Å². The fourth-order valence-electron chi connectivity index (χ4n) is 1.78. The van der Waals surface area contributed by atoms with Crippen molar-refractivity contribution in [1.29, 1.82) is 0 Å². The minimum Gasteiger partial charge on any atom is -0.485 e. The first-order valence-electron chi connectivity index (χ1n) is 5.53. The minimum atomic E-state index is -1.14. The maximum Gasteiger partial charge on any atom is 0.357 e. The van der Waals surface area contributed by atoms with Crippen LogP contribution in [0.1, 0.15) is 21.6 Å². The van der Waals surface area contributed by atoms with Crippen molar-refractivity contribution in [3.63, 3.8) is 0 Å². The van der Waals surface area contributed by atoms with Crippen LogP contribution in [0, 0.1) is 0 Å². The van der Waals surface area contributed by atoms with Gasteiger partial charge in [0.2, 0.25) is 0 Å². The largest absolute Gasteiger partial charge is 0.485 e. The summed E-state index contributed by atoms with van der Waals surface area (Å²) >= 11 is 1.10. The summed E-state index contributed by atoms with van der Waals surface area (Å²) in [7, 11) is 0. The van der Waals surface area contributed by atoms with E-state index in [4.69, 9.17) is 20.3 Å². The fourth-order valence-corrected chi connectivity index (χ4v) is 2.62. The number of aromatic nitrogens is 1. The van der Waals surface area contributed by atoms with Gasteiger partial charge in [-0.25, -0.2) is 9.78 Å². The minimum absolute atomic E-state index is 0.137. The fraction of sp³-hybridized carbons (Fsp3) is 0.167. The summed E-state index contributed by atoms with van der Waals surface area (Å²) in [5.41, 5.74) is 5.49. The molecule has 0 spiro atoms. The molecule has 1 aliphatic rings. The highest BCUT2D eigenvalue weighted by atomic mass is 32.1. The summed E-state index contributed by atoms with van der Waals surface area (Å²) in [6.45, 7) is 0.281. The third-order valence-corrected chi connectivity index (χ3v) is 3.63. The Morgan fingerprint density at radius 3 is 2.84 bits per heavy atom. The lowest BCUT2D eigenvalue weighted by molar-refractivity contribution is 0.0689. The van der Waals surface area contributed by atoms with E-state index in [1.54, 1.807) is 6.07 Å². The standard InChI is InChI=1S/C12H10N2O4S/c13-10-9(12(15)16)14-11(19-10)8-5-17-6-3-1-2-4-7(6)18-8/h1-4,8H,5,13H2,(H,15,16). The van der Waals surface area contributed by atoms with Crippen molar-refractivity contribution in [2.24, 2.45) is 0 Å². The molecule has 1 aromatic heterocycles. The average molecular weight is 278 g/mol. The second-order valence-corrected chi connectivity index (χ2v) is 5.00. The van der Waals surface area contributed by atoms with Crippen LogP contribution in [-0.2, 0) is 0 Å². The van der Waals surface area contributed by atoms with E-state index in [0.29, 0.717) is 16.5 Å². The Morgan fingerprint density at radius 2 is 2.16 bits per heavy atom. The van der Waals surface area contributed by atoms with E-state index in [1.807, 2.05) is 18.2 Å². The number of para-hydroxylation sites is 2. The van der Waals surface area contributed by atoms with Crippen molar-refractivity contribution in [2.45, 2.75) is 6.10 Å². The number of carbonyl (C=O) groups is 1. The highest BCUT2D eigenvalue weighted by Gasteiger charge is 2.27. The number of nitrogens with zero attached hydrogens (tertiary/aromatic N) is 1. The van der Waals surface area contributed by atoms with Gasteiger partial charge in [-0.2, -0.15) is 0 Å². The SMILES string of the molecule is Nc1sc(C2COc3ccccc3O2)nc1C(=O)O. The van der Waals surface area contributed by atoms with Gasteiger partial charge in [0.25, 0.3) is 0 Å². The Kier molecular flexibility index (Phi) is 2.75. The van der Waals surface area contributed by atoms with Gasteiger partial charge in [-0.05, 0) is 12.1 Å². The normalized spacial score (nSPS) is 17.2. The zero-order valence-corrected chi connectivity index (χ0v) is 10.5. The first kappa shape index (κ1) is 11.8. The molecule has 98 valence electrons.